The molecule has 0 spiro atoms. The predicted molar refractivity (Wildman–Crippen MR) is 320 cm³/mol. The molecule has 6 fully saturated rings. The number of terminal acetylenes is 5. The summed E-state index contributed by atoms with van der Waals surface area (Å²) in [5.74, 6) is 11.0. The number of rotatable bonds is 16. The first-order valence-corrected chi connectivity index (χ1v) is 28.2. The minimum Gasteiger partial charge on any atom is -0.376 e. The number of ether oxygens (including phenoxy) is 1. The Morgan fingerprint density at radius 3 is 1.21 bits per heavy atom. The van der Waals surface area contributed by atoms with Gasteiger partial charge in [-0.25, -0.2) is 4.39 Å². The van der Waals surface area contributed by atoms with Gasteiger partial charge in [0.1, 0.15) is 6.17 Å². The van der Waals surface area contributed by atoms with Crippen molar-refractivity contribution in [3.63, 3.8) is 0 Å². The second kappa shape index (κ2) is 48.5. The standard InChI is InChI=1S/C11H11N5.C11H17N3.C10H12F3N3.C10H16N4O.C9H12FN3.C9H13N3.CH4/c1-2-10(6-12)15-4-3-5-16(9-15)11(7-13)8-14;1-2-3-7-13-9-5-10-14(11-13)8-4-6-12;1-2-4-15-6-9(10(11,12)13)7-16(8-15)5-3-14;1-2-15-10-7-13(5-3-11)9-14(8-10)6-4-12;1-2-4-12-6-9(10)7-13(8-12)5-3-11;1-2-5-11-6-3-7-12(9-11)8-4-10;/h1,10-11H,3-5,9H2;1H,3-5,7-11H2;1,9H,4-8H2;10H,2,5-9H2,1H3;1,9H,4-8H2;1H,3,5-9H2;1H4. The lowest BCUT2D eigenvalue weighted by Crippen LogP contribution is -2.53. The normalized spacial score (nSPS) is 20.7. The lowest BCUT2D eigenvalue weighted by atomic mass is 10.1. The maximum atomic E-state index is 13.1. The minimum absolute atomic E-state index is 0. The molecule has 6 heterocycles. The van der Waals surface area contributed by atoms with Gasteiger partial charge in [0.15, 0.2) is 12.1 Å². The predicted octanol–water partition coefficient (Wildman–Crippen LogP) is 2.49. The van der Waals surface area contributed by atoms with Crippen LogP contribution in [0.15, 0.2) is 0 Å². The second-order valence-corrected chi connectivity index (χ2v) is 20.5. The summed E-state index contributed by atoms with van der Waals surface area (Å²) >= 11 is 0. The molecule has 0 aromatic rings. The summed E-state index contributed by atoms with van der Waals surface area (Å²) in [6, 6.07) is 16.9. The summed E-state index contributed by atoms with van der Waals surface area (Å²) < 4.78 is 56.3. The molecular weight excluding hydrogens is 1120 g/mol. The van der Waals surface area contributed by atoms with Gasteiger partial charge in [-0.1, -0.05) is 31.1 Å². The molecule has 22 nitrogen and oxygen atoms in total. The summed E-state index contributed by atoms with van der Waals surface area (Å²) in [6.45, 7) is 19.0. The number of halogens is 4. The van der Waals surface area contributed by atoms with Crippen LogP contribution in [0.2, 0.25) is 0 Å². The number of nitriles is 9. The first kappa shape index (κ1) is 79.4. The Bertz CT molecular complexity index is 2400. The summed E-state index contributed by atoms with van der Waals surface area (Å²) in [6.07, 6.45) is 25.4. The van der Waals surface area contributed by atoms with Gasteiger partial charge in [0.2, 0.25) is 0 Å². The van der Waals surface area contributed by atoms with E-state index in [2.05, 4.69) is 73.5 Å². The molecule has 0 aromatic heterocycles. The van der Waals surface area contributed by atoms with E-state index in [4.69, 9.17) is 84.2 Å². The van der Waals surface area contributed by atoms with Crippen molar-refractivity contribution in [2.24, 2.45) is 5.92 Å². The Balaban J connectivity index is 0.00000102. The summed E-state index contributed by atoms with van der Waals surface area (Å²) in [4.78, 5) is 23.1. The average molecular weight is 1200 g/mol. The van der Waals surface area contributed by atoms with Gasteiger partial charge in [-0.3, -0.25) is 58.8 Å². The Kier molecular flexibility index (Phi) is 44.3. The first-order valence-electron chi connectivity index (χ1n) is 28.2. The molecule has 6 rings (SSSR count). The molecule has 0 radical (unpaired) electrons. The van der Waals surface area contributed by atoms with Crippen LogP contribution in [0.3, 0.4) is 0 Å². The van der Waals surface area contributed by atoms with Crippen LogP contribution in [0.4, 0.5) is 17.6 Å². The van der Waals surface area contributed by atoms with E-state index < -0.39 is 30.3 Å². The number of hydrogen-bond donors (Lipinski definition) is 0. The zero-order chi connectivity index (χ0) is 64.0. The maximum Gasteiger partial charge on any atom is 0.394 e. The van der Waals surface area contributed by atoms with E-state index in [1.165, 1.54) is 16.2 Å². The highest BCUT2D eigenvalue weighted by atomic mass is 19.4. The van der Waals surface area contributed by atoms with Crippen LogP contribution in [0.5, 0.6) is 0 Å². The highest BCUT2D eigenvalue weighted by Gasteiger charge is 2.44. The van der Waals surface area contributed by atoms with E-state index >= 15 is 0 Å². The topological polar surface area (TPSA) is 262 Å². The van der Waals surface area contributed by atoms with E-state index in [9.17, 15) is 17.6 Å². The quantitative estimate of drug-likeness (QED) is 0.122. The van der Waals surface area contributed by atoms with Crippen molar-refractivity contribution in [2.45, 2.75) is 77.0 Å². The van der Waals surface area contributed by atoms with Gasteiger partial charge in [0.25, 0.3) is 0 Å². The van der Waals surface area contributed by atoms with E-state index in [0.717, 1.165) is 91.5 Å². The van der Waals surface area contributed by atoms with Crippen molar-refractivity contribution in [2.75, 3.05) is 191 Å². The maximum absolute atomic E-state index is 13.1. The zero-order valence-electron chi connectivity index (χ0n) is 49.6. The fourth-order valence-corrected chi connectivity index (χ4v) is 9.88. The van der Waals surface area contributed by atoms with Gasteiger partial charge in [0.05, 0.1) is 159 Å². The third-order valence-electron chi connectivity index (χ3n) is 13.6. The van der Waals surface area contributed by atoms with Gasteiger partial charge < -0.3 is 4.74 Å². The largest absolute Gasteiger partial charge is 0.394 e. The van der Waals surface area contributed by atoms with Crippen LogP contribution in [0.25, 0.3) is 0 Å². The fraction of sp³-hybridized carbons (Fsp3) is 0.689. The summed E-state index contributed by atoms with van der Waals surface area (Å²) in [5.41, 5.74) is 0. The minimum atomic E-state index is -4.24. The fourth-order valence-electron chi connectivity index (χ4n) is 9.88. The van der Waals surface area contributed by atoms with Crippen molar-refractivity contribution in [1.29, 1.82) is 47.4 Å². The molecule has 0 amide bonds. The van der Waals surface area contributed by atoms with Crippen LogP contribution in [0.1, 0.15) is 46.5 Å². The summed E-state index contributed by atoms with van der Waals surface area (Å²) in [5, 5.41) is 77.6. The molecule has 0 bridgehead atoms. The van der Waals surface area contributed by atoms with Gasteiger partial charge in [-0.2, -0.15) is 60.5 Å². The number of alkyl halides is 4. The highest BCUT2D eigenvalue weighted by molar-refractivity contribution is 5.14. The number of hydrogen-bond acceptors (Lipinski definition) is 22. The van der Waals surface area contributed by atoms with E-state index in [1.807, 2.05) is 52.0 Å². The third kappa shape index (κ3) is 34.4. The van der Waals surface area contributed by atoms with Crippen molar-refractivity contribution < 1.29 is 22.3 Å². The van der Waals surface area contributed by atoms with Gasteiger partial charge >= 0.3 is 6.18 Å². The lowest BCUT2D eigenvalue weighted by Gasteiger charge is -2.38. The van der Waals surface area contributed by atoms with Crippen molar-refractivity contribution in [1.82, 2.24) is 58.8 Å². The van der Waals surface area contributed by atoms with E-state index in [0.29, 0.717) is 92.1 Å². The Morgan fingerprint density at radius 1 is 0.437 bits per heavy atom. The average Bonchev–Trinajstić information content (AvgIpc) is 3.35. The Hall–Kier alpha value is -7.59. The molecule has 0 saturated carbocycles. The molecule has 0 aromatic carbocycles. The molecule has 468 valence electrons. The first-order chi connectivity index (χ1) is 41.5. The van der Waals surface area contributed by atoms with Gasteiger partial charge in [-0.05, 0) is 26.2 Å². The molecule has 3 atom stereocenters. The van der Waals surface area contributed by atoms with E-state index in [-0.39, 0.29) is 46.3 Å². The SMILES string of the molecule is C.C#CC(C#N)N1CCCN(C(C#N)C#N)C1.C#CCCN1CCCN(CCC#N)C1.C#CCN1CC(C(F)(F)F)CN(CC#N)C1.C#CCN1CC(F)CN(CC#N)C1.C#CCN1CCCN(CC#N)C1.CCOC1CN(CC#N)CN(CC#N)C1. The van der Waals surface area contributed by atoms with Gasteiger partial charge in [0, 0.05) is 111 Å². The van der Waals surface area contributed by atoms with Crippen LogP contribution in [-0.2, 0) is 4.74 Å². The summed E-state index contributed by atoms with van der Waals surface area (Å²) in [7, 11) is 0. The highest BCUT2D eigenvalue weighted by Crippen LogP contribution is 2.30. The molecule has 0 aliphatic carbocycles. The molecule has 0 N–H and O–H groups in total. The Morgan fingerprint density at radius 2 is 0.793 bits per heavy atom. The third-order valence-corrected chi connectivity index (χ3v) is 13.6. The van der Waals surface area contributed by atoms with Gasteiger partial charge in [-0.15, -0.1) is 38.0 Å². The zero-order valence-corrected chi connectivity index (χ0v) is 49.6. The van der Waals surface area contributed by atoms with Crippen LogP contribution < -0.4 is 0 Å². The molecule has 26 heteroatoms. The van der Waals surface area contributed by atoms with Crippen LogP contribution in [-0.4, -0.2) is 280 Å². The van der Waals surface area contributed by atoms with Crippen LogP contribution in [0, 0.1) is 170 Å². The molecule has 6 saturated heterocycles. The molecule has 6 aliphatic heterocycles. The van der Waals surface area contributed by atoms with E-state index in [1.54, 1.807) is 14.7 Å². The molecule has 3 unspecified atom stereocenters. The van der Waals surface area contributed by atoms with Crippen molar-refractivity contribution >= 4 is 0 Å². The lowest BCUT2D eigenvalue weighted by molar-refractivity contribution is -0.194. The van der Waals surface area contributed by atoms with Crippen molar-refractivity contribution in [3.05, 3.63) is 0 Å². The molecule has 6 aliphatic rings. The van der Waals surface area contributed by atoms with Crippen molar-refractivity contribution in [3.8, 4) is 116 Å². The smallest absolute Gasteiger partial charge is 0.376 e. The molecule has 87 heavy (non-hydrogen) atoms. The molecular formula is C61H85F4N21O. The second-order valence-electron chi connectivity index (χ2n) is 20.5. The monoisotopic (exact) mass is 1200 g/mol. The van der Waals surface area contributed by atoms with Crippen LogP contribution >= 0.6 is 0 Å². The number of nitrogens with zero attached hydrogens (tertiary/aromatic N) is 21. The Labute approximate surface area is 516 Å².